The first-order valence-corrected chi connectivity index (χ1v) is 12.0. The minimum absolute atomic E-state index is 0.0774. The van der Waals surface area contributed by atoms with Gasteiger partial charge >= 0.3 is 5.91 Å². The van der Waals surface area contributed by atoms with Crippen LogP contribution in [-0.2, 0) is 16.0 Å². The van der Waals surface area contributed by atoms with Gasteiger partial charge in [-0.2, -0.15) is 0 Å². The highest BCUT2D eigenvalue weighted by atomic mass is 32.1. The molecule has 6 heteroatoms. The number of aryl methyl sites for hydroxylation is 3. The summed E-state index contributed by atoms with van der Waals surface area (Å²) in [5.74, 6) is -1.57. The number of aliphatic hydroxyl groups is 1. The number of aromatic nitrogens is 1. The lowest BCUT2D eigenvalue weighted by molar-refractivity contribution is -0.132. The standard InChI is InChI=1S/C28H24N2O3S/c1-4-18-8-12-19(13-9-18)24-23(25(31)20-10-5-16(2)6-11-20)26(32)27(33)30(24)28-29-21-14-7-17(3)15-22(21)34-28/h5-15,24,31H,4H2,1-3H3. The second kappa shape index (κ2) is 8.54. The Bertz CT molecular complexity index is 1450. The fourth-order valence-electron chi connectivity index (χ4n) is 4.27. The maximum Gasteiger partial charge on any atom is 0.301 e. The van der Waals surface area contributed by atoms with Gasteiger partial charge in [0.05, 0.1) is 21.8 Å². The third kappa shape index (κ3) is 3.70. The summed E-state index contributed by atoms with van der Waals surface area (Å²) in [6.45, 7) is 6.02. The van der Waals surface area contributed by atoms with E-state index in [1.54, 1.807) is 12.1 Å². The lowest BCUT2D eigenvalue weighted by Crippen LogP contribution is -2.29. The molecular formula is C28H24N2O3S. The zero-order valence-electron chi connectivity index (χ0n) is 19.2. The monoisotopic (exact) mass is 468 g/mol. The van der Waals surface area contributed by atoms with Gasteiger partial charge in [0.1, 0.15) is 5.76 Å². The predicted molar refractivity (Wildman–Crippen MR) is 136 cm³/mol. The molecule has 1 unspecified atom stereocenters. The van der Waals surface area contributed by atoms with E-state index in [2.05, 4.69) is 11.9 Å². The fraction of sp³-hybridized carbons (Fsp3) is 0.179. The molecule has 1 fully saturated rings. The van der Waals surface area contributed by atoms with E-state index in [1.165, 1.54) is 16.2 Å². The van der Waals surface area contributed by atoms with Crippen LogP contribution in [0.3, 0.4) is 0 Å². The number of benzene rings is 3. The number of carbonyl (C=O) groups excluding carboxylic acids is 2. The van der Waals surface area contributed by atoms with Crippen molar-refractivity contribution in [2.75, 3.05) is 4.90 Å². The number of thiazole rings is 1. The molecule has 5 nitrogen and oxygen atoms in total. The van der Waals surface area contributed by atoms with E-state index in [0.29, 0.717) is 10.7 Å². The van der Waals surface area contributed by atoms with E-state index in [1.807, 2.05) is 68.4 Å². The van der Waals surface area contributed by atoms with Gasteiger partial charge in [0, 0.05) is 5.56 Å². The van der Waals surface area contributed by atoms with E-state index in [0.717, 1.165) is 38.9 Å². The summed E-state index contributed by atoms with van der Waals surface area (Å²) in [6.07, 6.45) is 0.876. The Hall–Kier alpha value is -3.77. The number of aliphatic hydroxyl groups excluding tert-OH is 1. The Morgan fingerprint density at radius 1 is 0.971 bits per heavy atom. The second-order valence-corrected chi connectivity index (χ2v) is 9.61. The number of hydrogen-bond acceptors (Lipinski definition) is 5. The van der Waals surface area contributed by atoms with Crippen molar-refractivity contribution < 1.29 is 14.7 Å². The van der Waals surface area contributed by atoms with Gasteiger partial charge in [0.15, 0.2) is 5.13 Å². The smallest absolute Gasteiger partial charge is 0.301 e. The van der Waals surface area contributed by atoms with Gasteiger partial charge in [-0.1, -0.05) is 78.4 Å². The molecule has 1 amide bonds. The van der Waals surface area contributed by atoms with E-state index in [9.17, 15) is 14.7 Å². The van der Waals surface area contributed by atoms with Crippen LogP contribution in [0.25, 0.3) is 16.0 Å². The van der Waals surface area contributed by atoms with Crippen LogP contribution in [0.1, 0.15) is 40.8 Å². The number of rotatable bonds is 4. The molecule has 1 atom stereocenters. The second-order valence-electron chi connectivity index (χ2n) is 8.60. The average Bonchev–Trinajstić information content (AvgIpc) is 3.37. The molecule has 4 aromatic rings. The van der Waals surface area contributed by atoms with Crippen molar-refractivity contribution in [1.29, 1.82) is 0 Å². The van der Waals surface area contributed by atoms with Gasteiger partial charge in [-0.05, 0) is 49.1 Å². The lowest BCUT2D eigenvalue weighted by Gasteiger charge is -2.23. The Morgan fingerprint density at radius 2 is 1.65 bits per heavy atom. The Balaban J connectivity index is 1.72. The molecule has 0 saturated carbocycles. The number of fused-ring (bicyclic) bond motifs is 1. The van der Waals surface area contributed by atoms with Crippen LogP contribution in [0.15, 0.2) is 72.3 Å². The zero-order chi connectivity index (χ0) is 24.0. The first-order valence-electron chi connectivity index (χ1n) is 11.2. The highest BCUT2D eigenvalue weighted by Gasteiger charge is 2.48. The van der Waals surface area contributed by atoms with Crippen LogP contribution < -0.4 is 4.90 Å². The molecule has 2 heterocycles. The number of ketones is 1. The van der Waals surface area contributed by atoms with Crippen molar-refractivity contribution in [3.05, 3.63) is 100 Å². The van der Waals surface area contributed by atoms with Crippen LogP contribution in [0.2, 0.25) is 0 Å². The molecule has 1 aliphatic heterocycles. The van der Waals surface area contributed by atoms with Gasteiger partial charge in [0.25, 0.3) is 5.78 Å². The molecular weight excluding hydrogens is 444 g/mol. The van der Waals surface area contributed by atoms with Gasteiger partial charge in [-0.3, -0.25) is 14.5 Å². The molecule has 5 rings (SSSR count). The minimum Gasteiger partial charge on any atom is -0.507 e. The molecule has 34 heavy (non-hydrogen) atoms. The summed E-state index contributed by atoms with van der Waals surface area (Å²) in [6, 6.07) is 20.2. The van der Waals surface area contributed by atoms with Crippen molar-refractivity contribution in [1.82, 2.24) is 4.98 Å². The van der Waals surface area contributed by atoms with E-state index in [-0.39, 0.29) is 11.3 Å². The van der Waals surface area contributed by atoms with Crippen molar-refractivity contribution in [3.8, 4) is 0 Å². The maximum atomic E-state index is 13.4. The quantitative estimate of drug-likeness (QED) is 0.223. The van der Waals surface area contributed by atoms with Crippen molar-refractivity contribution in [2.24, 2.45) is 0 Å². The molecule has 1 saturated heterocycles. The summed E-state index contributed by atoms with van der Waals surface area (Å²) in [5.41, 5.74) is 5.37. The van der Waals surface area contributed by atoms with Gasteiger partial charge in [-0.15, -0.1) is 0 Å². The fourth-order valence-corrected chi connectivity index (χ4v) is 5.36. The summed E-state index contributed by atoms with van der Waals surface area (Å²) in [4.78, 5) is 32.8. The van der Waals surface area contributed by atoms with Crippen LogP contribution in [-0.4, -0.2) is 21.8 Å². The topological polar surface area (TPSA) is 70.5 Å². The van der Waals surface area contributed by atoms with Crippen LogP contribution in [0.5, 0.6) is 0 Å². The molecule has 1 aliphatic rings. The summed E-state index contributed by atoms with van der Waals surface area (Å²) >= 11 is 1.37. The number of carbonyl (C=O) groups is 2. The Morgan fingerprint density at radius 3 is 2.32 bits per heavy atom. The molecule has 0 bridgehead atoms. The molecule has 1 N–H and O–H groups in total. The number of hydrogen-bond donors (Lipinski definition) is 1. The van der Waals surface area contributed by atoms with Gasteiger partial charge in [-0.25, -0.2) is 4.98 Å². The van der Waals surface area contributed by atoms with Crippen LogP contribution >= 0.6 is 11.3 Å². The molecule has 170 valence electrons. The number of amides is 1. The largest absolute Gasteiger partial charge is 0.507 e. The summed E-state index contributed by atoms with van der Waals surface area (Å²) < 4.78 is 0.940. The number of Topliss-reactive ketones (excluding diaryl/α,β-unsaturated/α-hetero) is 1. The zero-order valence-corrected chi connectivity index (χ0v) is 20.0. The Labute approximate surface area is 202 Å². The van der Waals surface area contributed by atoms with Crippen LogP contribution in [0, 0.1) is 13.8 Å². The highest BCUT2D eigenvalue weighted by molar-refractivity contribution is 7.22. The maximum absolute atomic E-state index is 13.4. The van der Waals surface area contributed by atoms with E-state index in [4.69, 9.17) is 0 Å². The molecule has 1 aromatic heterocycles. The Kier molecular flexibility index (Phi) is 5.54. The van der Waals surface area contributed by atoms with Gasteiger partial charge < -0.3 is 5.11 Å². The summed E-state index contributed by atoms with van der Waals surface area (Å²) in [7, 11) is 0. The van der Waals surface area contributed by atoms with Crippen LogP contribution in [0.4, 0.5) is 5.13 Å². The molecule has 0 radical (unpaired) electrons. The van der Waals surface area contributed by atoms with Gasteiger partial charge in [0.2, 0.25) is 0 Å². The molecule has 0 aliphatic carbocycles. The lowest BCUT2D eigenvalue weighted by atomic mass is 9.94. The summed E-state index contributed by atoms with van der Waals surface area (Å²) in [5, 5.41) is 11.7. The number of anilines is 1. The van der Waals surface area contributed by atoms with Crippen molar-refractivity contribution >= 4 is 44.1 Å². The third-order valence-corrected chi connectivity index (χ3v) is 7.23. The SMILES string of the molecule is CCc1ccc(C2C(=C(O)c3ccc(C)cc3)C(=O)C(=O)N2c2nc3ccc(C)cc3s2)cc1. The van der Waals surface area contributed by atoms with E-state index >= 15 is 0 Å². The number of nitrogens with zero attached hydrogens (tertiary/aromatic N) is 2. The predicted octanol–water partition coefficient (Wildman–Crippen LogP) is 6.10. The third-order valence-electron chi connectivity index (χ3n) is 6.21. The normalized spacial score (nSPS) is 17.6. The minimum atomic E-state index is -0.770. The average molecular weight is 469 g/mol. The van der Waals surface area contributed by atoms with Crippen molar-refractivity contribution in [2.45, 2.75) is 33.2 Å². The molecule has 3 aromatic carbocycles. The first-order chi connectivity index (χ1) is 16.4. The first kappa shape index (κ1) is 22.0. The highest BCUT2D eigenvalue weighted by Crippen LogP contribution is 2.44. The van der Waals surface area contributed by atoms with E-state index < -0.39 is 17.7 Å². The van der Waals surface area contributed by atoms with Crippen molar-refractivity contribution in [3.63, 3.8) is 0 Å². The molecule has 0 spiro atoms.